The Kier molecular flexibility index (Phi) is 3.72. The number of fused-ring (bicyclic) bond motifs is 1. The smallest absolute Gasteiger partial charge is 0.254 e. The molecule has 2 amide bonds. The van der Waals surface area contributed by atoms with Gasteiger partial charge in [0.1, 0.15) is 5.82 Å². The summed E-state index contributed by atoms with van der Waals surface area (Å²) in [7, 11) is 0. The molecule has 8 heteroatoms. The molecule has 128 valence electrons. The van der Waals surface area contributed by atoms with Gasteiger partial charge < -0.3 is 21.7 Å². The molecule has 2 aromatic rings. The summed E-state index contributed by atoms with van der Waals surface area (Å²) < 4.78 is 0. The number of amides is 2. The first-order valence-corrected chi connectivity index (χ1v) is 8.21. The first-order chi connectivity index (χ1) is 12.1. The third-order valence-corrected chi connectivity index (χ3v) is 4.23. The van der Waals surface area contributed by atoms with Crippen LogP contribution in [0.1, 0.15) is 35.2 Å². The van der Waals surface area contributed by atoms with Crippen LogP contribution in [0.4, 0.5) is 23.1 Å². The summed E-state index contributed by atoms with van der Waals surface area (Å²) in [4.78, 5) is 31.5. The van der Waals surface area contributed by atoms with Crippen molar-refractivity contribution in [3.8, 4) is 0 Å². The molecule has 0 atom stereocenters. The van der Waals surface area contributed by atoms with E-state index in [-0.39, 0.29) is 11.5 Å². The van der Waals surface area contributed by atoms with Crippen LogP contribution in [0.3, 0.4) is 0 Å². The van der Waals surface area contributed by atoms with Gasteiger partial charge >= 0.3 is 0 Å². The maximum absolute atomic E-state index is 11.5. The molecule has 2 aliphatic rings. The zero-order chi connectivity index (χ0) is 17.4. The van der Waals surface area contributed by atoms with Gasteiger partial charge in [-0.05, 0) is 43.0 Å². The summed E-state index contributed by atoms with van der Waals surface area (Å²) in [5, 5.41) is 9.19. The molecular formula is C17H18N6O2. The van der Waals surface area contributed by atoms with Crippen molar-refractivity contribution in [3.63, 3.8) is 0 Å². The van der Waals surface area contributed by atoms with Crippen molar-refractivity contribution in [2.24, 2.45) is 5.73 Å². The Balaban J connectivity index is 1.58. The van der Waals surface area contributed by atoms with E-state index in [1.54, 1.807) is 0 Å². The number of carbonyl (C=O) groups is 2. The number of nitrogens with two attached hydrogens (primary N) is 1. The van der Waals surface area contributed by atoms with Crippen LogP contribution in [0.25, 0.3) is 0 Å². The summed E-state index contributed by atoms with van der Waals surface area (Å²) in [6.45, 7) is 0. The zero-order valence-electron chi connectivity index (χ0n) is 13.5. The Morgan fingerprint density at radius 1 is 1.28 bits per heavy atom. The van der Waals surface area contributed by atoms with Crippen LogP contribution >= 0.6 is 0 Å². The molecule has 0 saturated heterocycles. The molecule has 1 fully saturated rings. The molecule has 1 aliphatic carbocycles. The number of nitrogens with zero attached hydrogens (tertiary/aromatic N) is 2. The number of aryl methyl sites for hydroxylation is 1. The maximum atomic E-state index is 11.5. The number of carbonyl (C=O) groups excluding carboxylic acids is 2. The summed E-state index contributed by atoms with van der Waals surface area (Å²) >= 11 is 0. The molecular weight excluding hydrogens is 320 g/mol. The van der Waals surface area contributed by atoms with E-state index in [1.165, 1.54) is 6.20 Å². The SMILES string of the molecule is NC(=O)c1cnc(Nc2ccc3c(c2)CCC(=O)N3)nc1NC1CC1. The number of benzene rings is 1. The van der Waals surface area contributed by atoms with Crippen molar-refractivity contribution < 1.29 is 9.59 Å². The average Bonchev–Trinajstić information content (AvgIpc) is 3.39. The Labute approximate surface area is 144 Å². The second-order valence-corrected chi connectivity index (χ2v) is 6.28. The molecule has 0 bridgehead atoms. The third kappa shape index (κ3) is 3.37. The van der Waals surface area contributed by atoms with Crippen LogP contribution in [0, 0.1) is 0 Å². The minimum atomic E-state index is -0.556. The van der Waals surface area contributed by atoms with Crippen LogP contribution in [-0.2, 0) is 11.2 Å². The number of hydrogen-bond acceptors (Lipinski definition) is 6. The van der Waals surface area contributed by atoms with E-state index < -0.39 is 5.91 Å². The fourth-order valence-electron chi connectivity index (χ4n) is 2.74. The van der Waals surface area contributed by atoms with Crippen molar-refractivity contribution >= 4 is 35.0 Å². The maximum Gasteiger partial charge on any atom is 0.254 e. The molecule has 1 aliphatic heterocycles. The van der Waals surface area contributed by atoms with E-state index in [0.29, 0.717) is 30.6 Å². The number of nitrogens with one attached hydrogen (secondary N) is 3. The second-order valence-electron chi connectivity index (χ2n) is 6.28. The first kappa shape index (κ1) is 15.4. The molecule has 0 radical (unpaired) electrons. The van der Waals surface area contributed by atoms with Gasteiger partial charge in [0.25, 0.3) is 5.91 Å². The van der Waals surface area contributed by atoms with Crippen LogP contribution in [0.2, 0.25) is 0 Å². The van der Waals surface area contributed by atoms with E-state index in [1.807, 2.05) is 18.2 Å². The van der Waals surface area contributed by atoms with Crippen molar-refractivity contribution in [3.05, 3.63) is 35.5 Å². The highest BCUT2D eigenvalue weighted by molar-refractivity contribution is 5.97. The normalized spacial score (nSPS) is 15.9. The van der Waals surface area contributed by atoms with E-state index in [9.17, 15) is 9.59 Å². The fourth-order valence-corrected chi connectivity index (χ4v) is 2.74. The van der Waals surface area contributed by atoms with Crippen LogP contribution in [0.15, 0.2) is 24.4 Å². The lowest BCUT2D eigenvalue weighted by Gasteiger charge is -2.18. The third-order valence-electron chi connectivity index (χ3n) is 4.23. The summed E-state index contributed by atoms with van der Waals surface area (Å²) in [6, 6.07) is 6.02. The fraction of sp³-hybridized carbons (Fsp3) is 0.294. The number of aromatic nitrogens is 2. The molecule has 0 spiro atoms. The van der Waals surface area contributed by atoms with Gasteiger partial charge in [-0.1, -0.05) is 0 Å². The highest BCUT2D eigenvalue weighted by atomic mass is 16.2. The predicted molar refractivity (Wildman–Crippen MR) is 93.9 cm³/mol. The van der Waals surface area contributed by atoms with Crippen LogP contribution < -0.4 is 21.7 Å². The molecule has 1 aromatic carbocycles. The molecule has 0 unspecified atom stereocenters. The summed E-state index contributed by atoms with van der Waals surface area (Å²) in [5.74, 6) is 0.319. The van der Waals surface area contributed by atoms with Gasteiger partial charge in [0.2, 0.25) is 11.9 Å². The molecule has 8 nitrogen and oxygen atoms in total. The minimum absolute atomic E-state index is 0.0365. The zero-order valence-corrected chi connectivity index (χ0v) is 13.5. The Morgan fingerprint density at radius 2 is 2.12 bits per heavy atom. The number of hydrogen-bond donors (Lipinski definition) is 4. The van der Waals surface area contributed by atoms with Gasteiger partial charge in [-0.3, -0.25) is 9.59 Å². The molecule has 1 aromatic heterocycles. The number of rotatable bonds is 5. The first-order valence-electron chi connectivity index (χ1n) is 8.21. The lowest BCUT2D eigenvalue weighted by atomic mass is 10.0. The highest BCUT2D eigenvalue weighted by Gasteiger charge is 2.24. The van der Waals surface area contributed by atoms with E-state index in [2.05, 4.69) is 25.9 Å². The number of anilines is 4. The largest absolute Gasteiger partial charge is 0.367 e. The van der Waals surface area contributed by atoms with Crippen LogP contribution in [0.5, 0.6) is 0 Å². The predicted octanol–water partition coefficient (Wildman–Crippen LogP) is 1.78. The Morgan fingerprint density at radius 3 is 2.88 bits per heavy atom. The van der Waals surface area contributed by atoms with Gasteiger partial charge in [0.05, 0.1) is 5.56 Å². The topological polar surface area (TPSA) is 122 Å². The molecule has 5 N–H and O–H groups in total. The lowest BCUT2D eigenvalue weighted by Crippen LogP contribution is -2.19. The van der Waals surface area contributed by atoms with Crippen molar-refractivity contribution in [2.75, 3.05) is 16.0 Å². The van der Waals surface area contributed by atoms with E-state index in [0.717, 1.165) is 29.8 Å². The quantitative estimate of drug-likeness (QED) is 0.659. The van der Waals surface area contributed by atoms with E-state index in [4.69, 9.17) is 5.73 Å². The molecule has 2 heterocycles. The molecule has 25 heavy (non-hydrogen) atoms. The monoisotopic (exact) mass is 338 g/mol. The summed E-state index contributed by atoms with van der Waals surface area (Å²) in [6.07, 6.45) is 4.73. The van der Waals surface area contributed by atoms with Crippen molar-refractivity contribution in [1.82, 2.24) is 9.97 Å². The lowest BCUT2D eigenvalue weighted by molar-refractivity contribution is -0.116. The second kappa shape index (κ2) is 6.04. The van der Waals surface area contributed by atoms with Gasteiger partial charge in [0, 0.05) is 30.0 Å². The van der Waals surface area contributed by atoms with Crippen LogP contribution in [-0.4, -0.2) is 27.8 Å². The van der Waals surface area contributed by atoms with Crippen molar-refractivity contribution in [1.29, 1.82) is 0 Å². The Hall–Kier alpha value is -3.16. The standard InChI is InChI=1S/C17H18N6O2/c18-15(25)12-8-19-17(23-16(12)20-10-2-3-10)21-11-4-5-13-9(7-11)1-6-14(24)22-13/h4-5,7-8,10H,1-3,6H2,(H2,18,25)(H,22,24)(H2,19,20,21,23). The highest BCUT2D eigenvalue weighted by Crippen LogP contribution is 2.28. The van der Waals surface area contributed by atoms with Gasteiger partial charge in [-0.25, -0.2) is 4.98 Å². The van der Waals surface area contributed by atoms with Gasteiger partial charge in [-0.15, -0.1) is 0 Å². The van der Waals surface area contributed by atoms with Gasteiger partial charge in [-0.2, -0.15) is 4.98 Å². The van der Waals surface area contributed by atoms with E-state index >= 15 is 0 Å². The summed E-state index contributed by atoms with van der Waals surface area (Å²) in [5.41, 5.74) is 8.39. The molecule has 1 saturated carbocycles. The molecule has 4 rings (SSSR count). The Bertz CT molecular complexity index is 862. The van der Waals surface area contributed by atoms with Crippen molar-refractivity contribution in [2.45, 2.75) is 31.7 Å². The average molecular weight is 338 g/mol. The number of primary amides is 1. The van der Waals surface area contributed by atoms with Gasteiger partial charge in [0.15, 0.2) is 0 Å². The minimum Gasteiger partial charge on any atom is -0.367 e.